The standard InChI is InChI=1S/C27H33N3O6SSi/c1-17(36-38(5,6)27(2,3)4)23-20-15-21(37-22-9-7-8-14-28-22)24(29(20)25(23)31)26(32)35-16-18-10-12-19(13-11-18)30(33)34/h7-14,17,20,23H,15-16H2,1-6H3/t17?,20-,23?/m1/s1. The maximum atomic E-state index is 13.4. The molecule has 0 aliphatic carbocycles. The van der Waals surface area contributed by atoms with Crippen LogP contribution < -0.4 is 0 Å². The van der Waals surface area contributed by atoms with Crippen LogP contribution in [0.1, 0.15) is 39.7 Å². The molecule has 2 aliphatic rings. The number of nitro benzene ring substituents is 1. The van der Waals surface area contributed by atoms with Crippen LogP contribution in [0.15, 0.2) is 64.3 Å². The zero-order valence-corrected chi connectivity index (χ0v) is 24.3. The molecule has 3 atom stereocenters. The summed E-state index contributed by atoms with van der Waals surface area (Å²) in [6.07, 6.45) is 1.92. The number of non-ortho nitro benzene ring substituents is 1. The van der Waals surface area contributed by atoms with Gasteiger partial charge in [0.25, 0.3) is 5.69 Å². The van der Waals surface area contributed by atoms with E-state index in [0.717, 1.165) is 9.93 Å². The Morgan fingerprint density at radius 2 is 1.92 bits per heavy atom. The molecule has 1 amide bonds. The molecule has 11 heteroatoms. The number of hydrogen-bond acceptors (Lipinski definition) is 8. The highest BCUT2D eigenvalue weighted by molar-refractivity contribution is 8.03. The molecular formula is C27H33N3O6SSi. The molecule has 1 saturated heterocycles. The van der Waals surface area contributed by atoms with Gasteiger partial charge in [0.1, 0.15) is 17.3 Å². The van der Waals surface area contributed by atoms with Crippen LogP contribution in [0.25, 0.3) is 0 Å². The van der Waals surface area contributed by atoms with Crippen molar-refractivity contribution < 1.29 is 23.7 Å². The summed E-state index contributed by atoms with van der Waals surface area (Å²) < 4.78 is 12.1. The second-order valence-electron chi connectivity index (χ2n) is 11.1. The molecule has 4 rings (SSSR count). The Labute approximate surface area is 227 Å². The Morgan fingerprint density at radius 1 is 1.24 bits per heavy atom. The molecule has 0 spiro atoms. The average molecular weight is 556 g/mol. The van der Waals surface area contributed by atoms with E-state index in [4.69, 9.17) is 9.16 Å². The highest BCUT2D eigenvalue weighted by Crippen LogP contribution is 2.50. The summed E-state index contributed by atoms with van der Waals surface area (Å²) in [6, 6.07) is 11.2. The number of esters is 1. The Kier molecular flexibility index (Phi) is 7.83. The van der Waals surface area contributed by atoms with E-state index in [1.807, 2.05) is 25.1 Å². The van der Waals surface area contributed by atoms with Crippen molar-refractivity contribution in [2.75, 3.05) is 0 Å². The number of thioether (sulfide) groups is 1. The van der Waals surface area contributed by atoms with Crippen molar-refractivity contribution in [2.45, 2.75) is 76.0 Å². The molecule has 0 bridgehead atoms. The number of hydrogen-bond donors (Lipinski definition) is 0. The largest absolute Gasteiger partial charge is 0.456 e. The number of β-lactam (4-membered cyclic amide) rings is 1. The lowest BCUT2D eigenvalue weighted by atomic mass is 9.83. The van der Waals surface area contributed by atoms with Gasteiger partial charge in [0.2, 0.25) is 5.91 Å². The van der Waals surface area contributed by atoms with E-state index in [-0.39, 0.29) is 47.0 Å². The van der Waals surface area contributed by atoms with Gasteiger partial charge in [0.05, 0.1) is 23.0 Å². The molecule has 2 aromatic rings. The monoisotopic (exact) mass is 555 g/mol. The van der Waals surface area contributed by atoms with Gasteiger partial charge < -0.3 is 14.1 Å². The molecule has 202 valence electrons. The molecular weight excluding hydrogens is 522 g/mol. The number of carbonyl (C=O) groups excluding carboxylic acids is 2. The number of amides is 1. The van der Waals surface area contributed by atoms with Gasteiger partial charge in [0.15, 0.2) is 8.32 Å². The summed E-state index contributed by atoms with van der Waals surface area (Å²) in [4.78, 5) is 43.8. The van der Waals surface area contributed by atoms with Crippen LogP contribution in [-0.2, 0) is 25.4 Å². The van der Waals surface area contributed by atoms with E-state index in [9.17, 15) is 19.7 Å². The van der Waals surface area contributed by atoms with Crippen LogP contribution in [0.5, 0.6) is 0 Å². The third kappa shape index (κ3) is 5.55. The summed E-state index contributed by atoms with van der Waals surface area (Å²) in [5, 5.41) is 11.6. The molecule has 2 unspecified atom stereocenters. The van der Waals surface area contributed by atoms with E-state index < -0.39 is 19.2 Å². The highest BCUT2D eigenvalue weighted by Gasteiger charge is 2.58. The van der Waals surface area contributed by atoms with Gasteiger partial charge in [-0.25, -0.2) is 9.78 Å². The molecule has 0 radical (unpaired) electrons. The topological polar surface area (TPSA) is 112 Å². The molecule has 0 N–H and O–H groups in total. The second kappa shape index (κ2) is 10.6. The van der Waals surface area contributed by atoms with E-state index in [1.54, 1.807) is 23.2 Å². The zero-order valence-electron chi connectivity index (χ0n) is 22.5. The number of carbonyl (C=O) groups is 2. The quantitative estimate of drug-likeness (QED) is 0.128. The Hall–Kier alpha value is -3.02. The van der Waals surface area contributed by atoms with Crippen LogP contribution in [0.4, 0.5) is 5.69 Å². The summed E-state index contributed by atoms with van der Waals surface area (Å²) in [5.74, 6) is -1.09. The number of ether oxygens (including phenoxy) is 1. The minimum Gasteiger partial charge on any atom is -0.456 e. The third-order valence-corrected chi connectivity index (χ3v) is 13.2. The van der Waals surface area contributed by atoms with Crippen molar-refractivity contribution >= 4 is 37.6 Å². The first-order valence-corrected chi connectivity index (χ1v) is 16.3. The van der Waals surface area contributed by atoms with Gasteiger partial charge in [-0.2, -0.15) is 0 Å². The molecule has 38 heavy (non-hydrogen) atoms. The number of nitrogens with zero attached hydrogens (tertiary/aromatic N) is 3. The second-order valence-corrected chi connectivity index (χ2v) is 17.0. The maximum absolute atomic E-state index is 13.4. The van der Waals surface area contributed by atoms with Gasteiger partial charge in [-0.1, -0.05) is 38.6 Å². The van der Waals surface area contributed by atoms with Crippen LogP contribution in [0.2, 0.25) is 18.1 Å². The Bertz CT molecular complexity index is 1260. The van der Waals surface area contributed by atoms with Crippen LogP contribution in [0.3, 0.4) is 0 Å². The molecule has 0 saturated carbocycles. The number of aromatic nitrogens is 1. The van der Waals surface area contributed by atoms with Crippen molar-refractivity contribution in [2.24, 2.45) is 5.92 Å². The fourth-order valence-corrected chi connectivity index (χ4v) is 6.95. The average Bonchev–Trinajstić information content (AvgIpc) is 3.16. The summed E-state index contributed by atoms with van der Waals surface area (Å²) in [6.45, 7) is 12.7. The molecule has 1 aromatic heterocycles. The number of rotatable bonds is 9. The van der Waals surface area contributed by atoms with Crippen molar-refractivity contribution in [1.82, 2.24) is 9.88 Å². The van der Waals surface area contributed by atoms with E-state index in [1.165, 1.54) is 23.9 Å². The number of nitro groups is 1. The zero-order chi connectivity index (χ0) is 27.8. The molecule has 2 aliphatic heterocycles. The smallest absolute Gasteiger partial charge is 0.356 e. The lowest BCUT2D eigenvalue weighted by Gasteiger charge is -2.48. The van der Waals surface area contributed by atoms with Gasteiger partial charge in [-0.15, -0.1) is 0 Å². The first-order chi connectivity index (χ1) is 17.8. The van der Waals surface area contributed by atoms with Gasteiger partial charge in [-0.3, -0.25) is 14.9 Å². The fourth-order valence-electron chi connectivity index (χ4n) is 4.48. The normalized spacial score (nSPS) is 20.2. The van der Waals surface area contributed by atoms with Crippen LogP contribution in [0, 0.1) is 16.0 Å². The van der Waals surface area contributed by atoms with E-state index >= 15 is 0 Å². The van der Waals surface area contributed by atoms with Crippen molar-refractivity contribution in [3.63, 3.8) is 0 Å². The number of fused-ring (bicyclic) bond motifs is 1. The van der Waals surface area contributed by atoms with Gasteiger partial charge in [0, 0.05) is 29.7 Å². The van der Waals surface area contributed by atoms with Gasteiger partial charge in [-0.05, 0) is 54.9 Å². The summed E-state index contributed by atoms with van der Waals surface area (Å²) in [5.41, 5.74) is 0.817. The number of pyridine rings is 1. The summed E-state index contributed by atoms with van der Waals surface area (Å²) >= 11 is 1.36. The number of benzene rings is 1. The molecule has 3 heterocycles. The minimum atomic E-state index is -2.10. The first kappa shape index (κ1) is 28.0. The minimum absolute atomic E-state index is 0.00843. The highest BCUT2D eigenvalue weighted by atomic mass is 32.2. The van der Waals surface area contributed by atoms with Crippen LogP contribution >= 0.6 is 11.8 Å². The third-order valence-electron chi connectivity index (χ3n) is 7.54. The lowest BCUT2D eigenvalue weighted by molar-refractivity contribution is -0.384. The predicted octanol–water partition coefficient (Wildman–Crippen LogP) is 5.68. The van der Waals surface area contributed by atoms with E-state index in [2.05, 4.69) is 38.8 Å². The fraction of sp³-hybridized carbons (Fsp3) is 0.444. The van der Waals surface area contributed by atoms with Crippen molar-refractivity contribution in [3.05, 3.63) is 74.9 Å². The van der Waals surface area contributed by atoms with E-state index in [0.29, 0.717) is 12.0 Å². The van der Waals surface area contributed by atoms with Crippen molar-refractivity contribution in [3.8, 4) is 0 Å². The summed E-state index contributed by atoms with van der Waals surface area (Å²) in [7, 11) is -2.10. The van der Waals surface area contributed by atoms with Crippen molar-refractivity contribution in [1.29, 1.82) is 0 Å². The molecule has 1 aromatic carbocycles. The maximum Gasteiger partial charge on any atom is 0.356 e. The van der Waals surface area contributed by atoms with Gasteiger partial charge >= 0.3 is 5.97 Å². The first-order valence-electron chi connectivity index (χ1n) is 12.5. The predicted molar refractivity (Wildman–Crippen MR) is 146 cm³/mol. The molecule has 1 fully saturated rings. The van der Waals surface area contributed by atoms with Crippen LogP contribution in [-0.4, -0.2) is 47.1 Å². The molecule has 9 nitrogen and oxygen atoms in total. The Morgan fingerprint density at radius 3 is 2.50 bits per heavy atom. The Balaban J connectivity index is 1.53. The lowest BCUT2D eigenvalue weighted by Crippen LogP contribution is -2.63. The SMILES string of the molecule is CC(O[Si](C)(C)C(C)(C)C)C1C(=O)N2C(C(=O)OCc3ccc([N+](=O)[O-])cc3)=C(Sc3ccccn3)C[C@H]12.